The van der Waals surface area contributed by atoms with Gasteiger partial charge in [0, 0.05) is 6.42 Å². The molecular formula is C18H19FO3. The van der Waals surface area contributed by atoms with Gasteiger partial charge in [0.2, 0.25) is 0 Å². The normalized spacial score (nSPS) is 11.9. The molecule has 2 aromatic rings. The molecule has 4 heteroatoms. The van der Waals surface area contributed by atoms with Crippen molar-refractivity contribution in [1.29, 1.82) is 0 Å². The molecule has 0 amide bonds. The smallest absolute Gasteiger partial charge is 0.306 e. The summed E-state index contributed by atoms with van der Waals surface area (Å²) >= 11 is 0. The molecule has 1 unspecified atom stereocenters. The second-order valence-corrected chi connectivity index (χ2v) is 5.11. The van der Waals surface area contributed by atoms with E-state index in [1.165, 1.54) is 12.1 Å². The molecule has 116 valence electrons. The summed E-state index contributed by atoms with van der Waals surface area (Å²) in [6.07, 6.45) is 0.520. The fourth-order valence-corrected chi connectivity index (χ4v) is 2.10. The summed E-state index contributed by atoms with van der Waals surface area (Å²) in [5, 5.41) is 9.96. The first-order valence-corrected chi connectivity index (χ1v) is 7.28. The number of benzene rings is 2. The molecule has 0 fully saturated rings. The highest BCUT2D eigenvalue weighted by molar-refractivity contribution is 5.69. The Balaban J connectivity index is 1.67. The molecule has 3 nitrogen and oxygen atoms in total. The van der Waals surface area contributed by atoms with Gasteiger partial charge < -0.3 is 9.84 Å². The van der Waals surface area contributed by atoms with Crippen molar-refractivity contribution in [2.24, 2.45) is 0 Å². The maximum atomic E-state index is 12.8. The van der Waals surface area contributed by atoms with Crippen molar-refractivity contribution < 1.29 is 19.0 Å². The van der Waals surface area contributed by atoms with Gasteiger partial charge >= 0.3 is 5.97 Å². The number of ether oxygens (including phenoxy) is 1. The van der Waals surface area contributed by atoms with Gasteiger partial charge in [-0.25, -0.2) is 4.39 Å². The number of rotatable bonds is 7. The lowest BCUT2D eigenvalue weighted by molar-refractivity contribution is -0.145. The lowest BCUT2D eigenvalue weighted by atomic mass is 10.0. The van der Waals surface area contributed by atoms with E-state index in [2.05, 4.69) is 0 Å². The van der Waals surface area contributed by atoms with Gasteiger partial charge in [-0.2, -0.15) is 0 Å². The van der Waals surface area contributed by atoms with Gasteiger partial charge in [0.15, 0.2) is 0 Å². The van der Waals surface area contributed by atoms with Crippen molar-refractivity contribution in [3.63, 3.8) is 0 Å². The third-order valence-electron chi connectivity index (χ3n) is 3.36. The van der Waals surface area contributed by atoms with Crippen LogP contribution in [0, 0.1) is 5.82 Å². The minimum Gasteiger partial charge on any atom is -0.461 e. The van der Waals surface area contributed by atoms with Crippen molar-refractivity contribution in [2.75, 3.05) is 0 Å². The van der Waals surface area contributed by atoms with E-state index in [0.717, 1.165) is 5.56 Å². The lowest BCUT2D eigenvalue weighted by Gasteiger charge is -2.10. The van der Waals surface area contributed by atoms with Crippen molar-refractivity contribution in [2.45, 2.75) is 32.0 Å². The first-order chi connectivity index (χ1) is 10.6. The highest BCUT2D eigenvalue weighted by Gasteiger charge is 2.10. The van der Waals surface area contributed by atoms with E-state index in [0.29, 0.717) is 18.4 Å². The van der Waals surface area contributed by atoms with Crippen LogP contribution in [0.15, 0.2) is 54.6 Å². The Hall–Kier alpha value is -2.20. The van der Waals surface area contributed by atoms with Crippen LogP contribution in [0.2, 0.25) is 0 Å². The summed E-state index contributed by atoms with van der Waals surface area (Å²) < 4.78 is 18.0. The van der Waals surface area contributed by atoms with Crippen LogP contribution in [0.5, 0.6) is 0 Å². The Morgan fingerprint density at radius 3 is 2.45 bits per heavy atom. The molecule has 0 heterocycles. The Kier molecular flexibility index (Phi) is 6.10. The van der Waals surface area contributed by atoms with Crippen LogP contribution >= 0.6 is 0 Å². The number of carbonyl (C=O) groups excluding carboxylic acids is 1. The molecule has 0 saturated carbocycles. The number of hydrogen-bond acceptors (Lipinski definition) is 3. The molecule has 0 aliphatic rings. The average molecular weight is 302 g/mol. The number of carbonyl (C=O) groups is 1. The number of hydrogen-bond donors (Lipinski definition) is 1. The van der Waals surface area contributed by atoms with Crippen molar-refractivity contribution >= 4 is 5.97 Å². The van der Waals surface area contributed by atoms with Gasteiger partial charge in [-0.3, -0.25) is 4.79 Å². The monoisotopic (exact) mass is 302 g/mol. The van der Waals surface area contributed by atoms with Crippen LogP contribution in [0.25, 0.3) is 0 Å². The maximum Gasteiger partial charge on any atom is 0.306 e. The molecular weight excluding hydrogens is 283 g/mol. The fraction of sp³-hybridized carbons (Fsp3) is 0.278. The SMILES string of the molecule is O=C(CCCC(O)c1ccc(F)cc1)OCc1ccccc1. The van der Waals surface area contributed by atoms with Crippen molar-refractivity contribution in [3.05, 3.63) is 71.5 Å². The maximum absolute atomic E-state index is 12.8. The van der Waals surface area contributed by atoms with E-state index in [1.54, 1.807) is 12.1 Å². The van der Waals surface area contributed by atoms with Crippen LogP contribution in [0.4, 0.5) is 4.39 Å². The largest absolute Gasteiger partial charge is 0.461 e. The van der Waals surface area contributed by atoms with E-state index in [-0.39, 0.29) is 24.8 Å². The highest BCUT2D eigenvalue weighted by Crippen LogP contribution is 2.19. The summed E-state index contributed by atoms with van der Waals surface area (Å²) in [6.45, 7) is 0.264. The number of aliphatic hydroxyl groups excluding tert-OH is 1. The van der Waals surface area contributed by atoms with Gasteiger partial charge in [0.25, 0.3) is 0 Å². The van der Waals surface area contributed by atoms with Gasteiger partial charge in [-0.1, -0.05) is 42.5 Å². The third kappa shape index (κ3) is 5.30. The van der Waals surface area contributed by atoms with Crippen LogP contribution in [-0.4, -0.2) is 11.1 Å². The minimum absolute atomic E-state index is 0.255. The third-order valence-corrected chi connectivity index (χ3v) is 3.36. The van der Waals surface area contributed by atoms with Gasteiger partial charge in [-0.05, 0) is 36.1 Å². The molecule has 2 rings (SSSR count). The fourth-order valence-electron chi connectivity index (χ4n) is 2.10. The Morgan fingerprint density at radius 2 is 1.77 bits per heavy atom. The van der Waals surface area contributed by atoms with Crippen LogP contribution < -0.4 is 0 Å². The number of aliphatic hydroxyl groups is 1. The second kappa shape index (κ2) is 8.29. The predicted octanol–water partition coefficient (Wildman–Crippen LogP) is 3.77. The zero-order valence-electron chi connectivity index (χ0n) is 12.2. The topological polar surface area (TPSA) is 46.5 Å². The Labute approximate surface area is 129 Å². The molecule has 0 saturated heterocycles. The standard InChI is InChI=1S/C18H19FO3/c19-16-11-9-15(10-12-16)17(20)7-4-8-18(21)22-13-14-5-2-1-3-6-14/h1-3,5-6,9-12,17,20H,4,7-8,13H2. The van der Waals surface area contributed by atoms with Gasteiger partial charge in [0.05, 0.1) is 6.10 Å². The van der Waals surface area contributed by atoms with E-state index in [4.69, 9.17) is 4.74 Å². The van der Waals surface area contributed by atoms with E-state index in [1.807, 2.05) is 30.3 Å². The highest BCUT2D eigenvalue weighted by atomic mass is 19.1. The first kappa shape index (κ1) is 16.2. The molecule has 1 atom stereocenters. The number of esters is 1. The van der Waals surface area contributed by atoms with Gasteiger partial charge in [-0.15, -0.1) is 0 Å². The summed E-state index contributed by atoms with van der Waals surface area (Å²) in [4.78, 5) is 11.6. The Morgan fingerprint density at radius 1 is 1.09 bits per heavy atom. The van der Waals surface area contributed by atoms with Crippen LogP contribution in [0.1, 0.15) is 36.5 Å². The number of halogens is 1. The molecule has 0 spiro atoms. The molecule has 0 aliphatic carbocycles. The summed E-state index contributed by atoms with van der Waals surface area (Å²) in [7, 11) is 0. The lowest BCUT2D eigenvalue weighted by Crippen LogP contribution is -2.06. The van der Waals surface area contributed by atoms with E-state index >= 15 is 0 Å². The van der Waals surface area contributed by atoms with Crippen molar-refractivity contribution in [3.8, 4) is 0 Å². The molecule has 2 aromatic carbocycles. The summed E-state index contributed by atoms with van der Waals surface area (Å²) in [5.41, 5.74) is 1.60. The van der Waals surface area contributed by atoms with E-state index < -0.39 is 6.10 Å². The minimum atomic E-state index is -0.692. The molecule has 0 radical (unpaired) electrons. The molecule has 22 heavy (non-hydrogen) atoms. The second-order valence-electron chi connectivity index (χ2n) is 5.11. The predicted molar refractivity (Wildman–Crippen MR) is 81.4 cm³/mol. The summed E-state index contributed by atoms with van der Waals surface area (Å²) in [5.74, 6) is -0.615. The first-order valence-electron chi connectivity index (χ1n) is 7.28. The zero-order chi connectivity index (χ0) is 15.8. The molecule has 0 aromatic heterocycles. The summed E-state index contributed by atoms with van der Waals surface area (Å²) in [6, 6.07) is 15.2. The van der Waals surface area contributed by atoms with Crippen LogP contribution in [-0.2, 0) is 16.1 Å². The molecule has 0 bridgehead atoms. The molecule has 0 aliphatic heterocycles. The Bertz CT molecular complexity index is 581. The van der Waals surface area contributed by atoms with Crippen molar-refractivity contribution in [1.82, 2.24) is 0 Å². The van der Waals surface area contributed by atoms with Gasteiger partial charge in [0.1, 0.15) is 12.4 Å². The van der Waals surface area contributed by atoms with Crippen LogP contribution in [0.3, 0.4) is 0 Å². The average Bonchev–Trinajstić information content (AvgIpc) is 2.54. The molecule has 1 N–H and O–H groups in total. The van der Waals surface area contributed by atoms with E-state index in [9.17, 15) is 14.3 Å². The zero-order valence-corrected chi connectivity index (χ0v) is 12.2. The quantitative estimate of drug-likeness (QED) is 0.792.